The fourth-order valence-corrected chi connectivity index (χ4v) is 3.25. The molecule has 1 amide bonds. The first kappa shape index (κ1) is 25.5. The number of benzene rings is 2. The van der Waals surface area contributed by atoms with Gasteiger partial charge in [0.05, 0.1) is 6.54 Å². The fourth-order valence-electron chi connectivity index (χ4n) is 3.25. The van der Waals surface area contributed by atoms with Gasteiger partial charge in [0.15, 0.2) is 0 Å². The van der Waals surface area contributed by atoms with E-state index in [4.69, 9.17) is 25.0 Å². The van der Waals surface area contributed by atoms with E-state index in [0.29, 0.717) is 23.5 Å². The Hall–Kier alpha value is -4.14. The van der Waals surface area contributed by atoms with Gasteiger partial charge in [-0.15, -0.1) is 0 Å². The van der Waals surface area contributed by atoms with Gasteiger partial charge in [-0.3, -0.25) is 15.0 Å². The minimum Gasteiger partial charge on any atom is -0.460 e. The van der Waals surface area contributed by atoms with Gasteiger partial charge in [-0.1, -0.05) is 18.2 Å². The molecule has 3 aromatic rings. The first-order valence-corrected chi connectivity index (χ1v) is 11.2. The molecule has 0 aliphatic carbocycles. The second kappa shape index (κ2) is 10.9. The molecule has 0 fully saturated rings. The Kier molecular flexibility index (Phi) is 7.91. The molecule has 2 aromatic carbocycles. The molecule has 0 aliphatic heterocycles. The molecule has 35 heavy (non-hydrogen) atoms. The van der Waals surface area contributed by atoms with Gasteiger partial charge in [0.1, 0.15) is 22.9 Å². The molecular formula is C26H29N3O6. The zero-order valence-electron chi connectivity index (χ0n) is 20.0. The number of hydrogen-bond donors (Lipinski definition) is 3. The maximum atomic E-state index is 12.5. The number of esters is 2. The van der Waals surface area contributed by atoms with Gasteiger partial charge in [0.25, 0.3) is 0 Å². The minimum absolute atomic E-state index is 0.00574. The van der Waals surface area contributed by atoms with Crippen LogP contribution in [0.2, 0.25) is 0 Å². The third kappa shape index (κ3) is 7.70. The lowest BCUT2D eigenvalue weighted by atomic mass is 10.1. The van der Waals surface area contributed by atoms with Crippen molar-refractivity contribution in [1.29, 1.82) is 5.41 Å². The van der Waals surface area contributed by atoms with Gasteiger partial charge >= 0.3 is 11.9 Å². The number of rotatable bonds is 9. The number of fused-ring (bicyclic) bond motifs is 1. The van der Waals surface area contributed by atoms with Gasteiger partial charge in [-0.2, -0.15) is 0 Å². The molecule has 0 radical (unpaired) electrons. The molecule has 1 heterocycles. The summed E-state index contributed by atoms with van der Waals surface area (Å²) >= 11 is 0. The van der Waals surface area contributed by atoms with E-state index < -0.39 is 11.6 Å². The van der Waals surface area contributed by atoms with E-state index in [0.717, 1.165) is 10.8 Å². The zero-order valence-corrected chi connectivity index (χ0v) is 20.0. The number of ether oxygens (including phenoxy) is 2. The average Bonchev–Trinajstić information content (AvgIpc) is 3.25. The third-order valence-electron chi connectivity index (χ3n) is 4.86. The highest BCUT2D eigenvalue weighted by Crippen LogP contribution is 2.23. The zero-order chi connectivity index (χ0) is 25.6. The maximum absolute atomic E-state index is 12.5. The predicted molar refractivity (Wildman–Crippen MR) is 130 cm³/mol. The van der Waals surface area contributed by atoms with Crippen LogP contribution in [0.4, 0.5) is 0 Å². The van der Waals surface area contributed by atoms with Gasteiger partial charge < -0.3 is 24.9 Å². The van der Waals surface area contributed by atoms with Crippen molar-refractivity contribution in [1.82, 2.24) is 5.32 Å². The van der Waals surface area contributed by atoms with Crippen LogP contribution in [-0.2, 0) is 20.9 Å². The summed E-state index contributed by atoms with van der Waals surface area (Å²) in [6, 6.07) is 13.5. The van der Waals surface area contributed by atoms with E-state index >= 15 is 0 Å². The molecule has 0 atom stereocenters. The summed E-state index contributed by atoms with van der Waals surface area (Å²) in [6.45, 7) is 5.48. The summed E-state index contributed by atoms with van der Waals surface area (Å²) in [7, 11) is 0. The van der Waals surface area contributed by atoms with E-state index in [9.17, 15) is 14.4 Å². The molecular weight excluding hydrogens is 450 g/mol. The van der Waals surface area contributed by atoms with Gasteiger partial charge in [0.2, 0.25) is 11.7 Å². The van der Waals surface area contributed by atoms with Crippen LogP contribution in [0.15, 0.2) is 52.9 Å². The van der Waals surface area contributed by atoms with Crippen LogP contribution in [0.3, 0.4) is 0 Å². The first-order chi connectivity index (χ1) is 16.5. The van der Waals surface area contributed by atoms with E-state index in [1.54, 1.807) is 63.2 Å². The molecule has 0 unspecified atom stereocenters. The minimum atomic E-state index is -0.667. The van der Waals surface area contributed by atoms with Gasteiger partial charge in [-0.05, 0) is 68.3 Å². The van der Waals surface area contributed by atoms with Crippen LogP contribution in [0.5, 0.6) is 5.75 Å². The Balaban J connectivity index is 1.48. The Morgan fingerprint density at radius 3 is 2.43 bits per heavy atom. The number of carbonyl (C=O) groups is 3. The molecule has 9 nitrogen and oxygen atoms in total. The fraction of sp³-hybridized carbons (Fsp3) is 0.308. The Bertz CT molecular complexity index is 1260. The summed E-state index contributed by atoms with van der Waals surface area (Å²) in [5.74, 6) is -0.522. The summed E-state index contributed by atoms with van der Waals surface area (Å²) in [4.78, 5) is 36.2. The SMILES string of the molecule is CC(C)(C)OC(=O)CCCC(=O)NCc1ccc(C(=O)Oc2ccc3cc(C(=N)N)ccc3c2)o1. The second-order valence-corrected chi connectivity index (χ2v) is 9.01. The lowest BCUT2D eigenvalue weighted by Crippen LogP contribution is -2.25. The monoisotopic (exact) mass is 479 g/mol. The lowest BCUT2D eigenvalue weighted by molar-refractivity contribution is -0.154. The number of carbonyl (C=O) groups excluding carboxylic acids is 3. The summed E-state index contributed by atoms with van der Waals surface area (Å²) in [6.07, 6.45) is 0.705. The Morgan fingerprint density at radius 2 is 1.71 bits per heavy atom. The van der Waals surface area contributed by atoms with Crippen molar-refractivity contribution < 1.29 is 28.3 Å². The van der Waals surface area contributed by atoms with Gasteiger partial charge in [0, 0.05) is 18.4 Å². The molecule has 0 saturated heterocycles. The van der Waals surface area contributed by atoms with Crippen molar-refractivity contribution in [3.05, 3.63) is 65.6 Å². The van der Waals surface area contributed by atoms with Crippen molar-refractivity contribution in [2.24, 2.45) is 5.73 Å². The predicted octanol–water partition coefficient (Wildman–Crippen LogP) is 4.06. The molecule has 0 aliphatic rings. The van der Waals surface area contributed by atoms with E-state index in [1.807, 2.05) is 0 Å². The first-order valence-electron chi connectivity index (χ1n) is 11.2. The largest absolute Gasteiger partial charge is 0.460 e. The average molecular weight is 480 g/mol. The number of amidine groups is 1. The van der Waals surface area contributed by atoms with Crippen LogP contribution in [0.25, 0.3) is 10.8 Å². The highest BCUT2D eigenvalue weighted by atomic mass is 16.6. The van der Waals surface area contributed by atoms with Crippen LogP contribution >= 0.6 is 0 Å². The number of nitrogen functional groups attached to an aromatic ring is 1. The lowest BCUT2D eigenvalue weighted by Gasteiger charge is -2.19. The van der Waals surface area contributed by atoms with Crippen LogP contribution in [0, 0.1) is 5.41 Å². The number of amides is 1. The summed E-state index contributed by atoms with van der Waals surface area (Å²) < 4.78 is 16.1. The van der Waals surface area contributed by atoms with Crippen molar-refractivity contribution >= 4 is 34.5 Å². The summed E-state index contributed by atoms with van der Waals surface area (Å²) in [5, 5.41) is 11.9. The topological polar surface area (TPSA) is 145 Å². The molecule has 4 N–H and O–H groups in total. The Labute approximate surface area is 203 Å². The van der Waals surface area contributed by atoms with E-state index in [-0.39, 0.29) is 42.9 Å². The highest BCUT2D eigenvalue weighted by molar-refractivity contribution is 5.99. The highest BCUT2D eigenvalue weighted by Gasteiger charge is 2.17. The standard InChI is InChI=1S/C26H29N3O6/c1-26(2,3)35-23(31)6-4-5-22(30)29-15-20-11-12-21(33-20)25(32)34-19-10-9-16-13-18(24(27)28)8-7-17(16)14-19/h7-14H,4-6,15H2,1-3H3,(H3,27,28)(H,29,30). The number of nitrogens with two attached hydrogens (primary N) is 1. The van der Waals surface area contributed by atoms with Crippen molar-refractivity contribution in [3.8, 4) is 5.75 Å². The molecule has 3 rings (SSSR count). The Morgan fingerprint density at radius 1 is 1.00 bits per heavy atom. The van der Waals surface area contributed by atoms with E-state index in [1.165, 1.54) is 6.07 Å². The normalized spacial score (nSPS) is 11.2. The smallest absolute Gasteiger partial charge is 0.379 e. The van der Waals surface area contributed by atoms with Crippen LogP contribution in [-0.4, -0.2) is 29.3 Å². The molecule has 0 bridgehead atoms. The van der Waals surface area contributed by atoms with E-state index in [2.05, 4.69) is 5.32 Å². The third-order valence-corrected chi connectivity index (χ3v) is 4.86. The molecule has 0 saturated carbocycles. The molecule has 1 aromatic heterocycles. The quantitative estimate of drug-likeness (QED) is 0.182. The maximum Gasteiger partial charge on any atom is 0.379 e. The molecule has 9 heteroatoms. The number of hydrogen-bond acceptors (Lipinski definition) is 7. The van der Waals surface area contributed by atoms with Crippen molar-refractivity contribution in [2.75, 3.05) is 0 Å². The number of nitrogens with one attached hydrogen (secondary N) is 2. The second-order valence-electron chi connectivity index (χ2n) is 9.01. The van der Waals surface area contributed by atoms with Crippen molar-refractivity contribution in [3.63, 3.8) is 0 Å². The van der Waals surface area contributed by atoms with Crippen LogP contribution in [0.1, 0.15) is 61.9 Å². The molecule has 0 spiro atoms. The molecule has 184 valence electrons. The van der Waals surface area contributed by atoms with Crippen LogP contribution < -0.4 is 15.8 Å². The van der Waals surface area contributed by atoms with Crippen molar-refractivity contribution in [2.45, 2.75) is 52.2 Å². The number of furan rings is 1. The van der Waals surface area contributed by atoms with Gasteiger partial charge in [-0.25, -0.2) is 4.79 Å². The summed E-state index contributed by atoms with van der Waals surface area (Å²) in [5.41, 5.74) is 5.58.